The quantitative estimate of drug-likeness (QED) is 0.799. The van der Waals surface area contributed by atoms with Gasteiger partial charge in [-0.2, -0.15) is 0 Å². The van der Waals surface area contributed by atoms with E-state index < -0.39 is 6.10 Å². The molecule has 25 heavy (non-hydrogen) atoms. The zero-order chi connectivity index (χ0) is 17.6. The minimum absolute atomic E-state index is 0.0397. The van der Waals surface area contributed by atoms with E-state index in [1.54, 1.807) is 0 Å². The van der Waals surface area contributed by atoms with Crippen LogP contribution in [0.4, 0.5) is 4.79 Å². The minimum atomic E-state index is -0.630. The normalized spacial score (nSPS) is 22.4. The molecule has 0 radical (unpaired) electrons. The van der Waals surface area contributed by atoms with Crippen LogP contribution < -0.4 is 5.32 Å². The molecule has 1 aromatic carbocycles. The summed E-state index contributed by atoms with van der Waals surface area (Å²) in [5.74, 6) is 0. The summed E-state index contributed by atoms with van der Waals surface area (Å²) in [7, 11) is 0. The van der Waals surface area contributed by atoms with Gasteiger partial charge in [0.05, 0.1) is 12.6 Å². The van der Waals surface area contributed by atoms with Crippen LogP contribution in [0.25, 0.3) is 0 Å². The maximum atomic E-state index is 12.6. The first-order valence-corrected chi connectivity index (χ1v) is 9.66. The van der Waals surface area contributed by atoms with E-state index in [1.807, 2.05) is 35.2 Å². The van der Waals surface area contributed by atoms with Crippen molar-refractivity contribution in [2.45, 2.75) is 57.2 Å². The Morgan fingerprint density at radius 2 is 2.04 bits per heavy atom. The van der Waals surface area contributed by atoms with Crippen molar-refractivity contribution in [3.05, 3.63) is 35.9 Å². The minimum Gasteiger partial charge on any atom is -0.387 e. The number of amides is 2. The Kier molecular flexibility index (Phi) is 6.32. The Labute approximate surface area is 151 Å². The maximum Gasteiger partial charge on any atom is 0.317 e. The largest absolute Gasteiger partial charge is 0.387 e. The lowest BCUT2D eigenvalue weighted by Gasteiger charge is -2.33. The summed E-state index contributed by atoms with van der Waals surface area (Å²) in [6.07, 6.45) is 5.28. The van der Waals surface area contributed by atoms with Gasteiger partial charge in [0.25, 0.3) is 0 Å². The van der Waals surface area contributed by atoms with E-state index in [1.165, 1.54) is 19.3 Å². The molecule has 3 rings (SSSR count). The van der Waals surface area contributed by atoms with Crippen molar-refractivity contribution in [3.8, 4) is 0 Å². The van der Waals surface area contributed by atoms with Crippen LogP contribution in [-0.2, 0) is 0 Å². The Morgan fingerprint density at radius 1 is 1.28 bits per heavy atom. The number of benzene rings is 1. The molecule has 0 spiro atoms. The fraction of sp³-hybridized carbons (Fsp3) is 0.650. The van der Waals surface area contributed by atoms with Crippen LogP contribution in [0.2, 0.25) is 0 Å². The average molecular weight is 345 g/mol. The predicted molar refractivity (Wildman–Crippen MR) is 99.4 cm³/mol. The summed E-state index contributed by atoms with van der Waals surface area (Å²) >= 11 is 0. The summed E-state index contributed by atoms with van der Waals surface area (Å²) in [6.45, 7) is 5.35. The van der Waals surface area contributed by atoms with Crippen molar-refractivity contribution < 1.29 is 9.90 Å². The molecule has 1 aliphatic carbocycles. The molecule has 5 nitrogen and oxygen atoms in total. The number of rotatable bonds is 7. The van der Waals surface area contributed by atoms with Crippen molar-refractivity contribution in [2.75, 3.05) is 26.2 Å². The number of hydrogen-bond donors (Lipinski definition) is 2. The van der Waals surface area contributed by atoms with E-state index >= 15 is 0 Å². The smallest absolute Gasteiger partial charge is 0.317 e. The molecule has 2 amide bonds. The zero-order valence-corrected chi connectivity index (χ0v) is 15.2. The summed E-state index contributed by atoms with van der Waals surface area (Å²) < 4.78 is 0. The fourth-order valence-electron chi connectivity index (χ4n) is 3.65. The van der Waals surface area contributed by atoms with Gasteiger partial charge in [-0.25, -0.2) is 4.79 Å². The lowest BCUT2D eigenvalue weighted by atomic mass is 10.0. The number of carbonyl (C=O) groups is 1. The van der Waals surface area contributed by atoms with Gasteiger partial charge < -0.3 is 15.3 Å². The third-order valence-electron chi connectivity index (χ3n) is 5.42. The van der Waals surface area contributed by atoms with Crippen molar-refractivity contribution in [1.82, 2.24) is 15.1 Å². The van der Waals surface area contributed by atoms with Crippen LogP contribution in [-0.4, -0.2) is 59.2 Å². The summed E-state index contributed by atoms with van der Waals surface area (Å²) in [5, 5.41) is 13.5. The molecule has 2 fully saturated rings. The molecule has 1 heterocycles. The van der Waals surface area contributed by atoms with Gasteiger partial charge in [0.15, 0.2) is 0 Å². The van der Waals surface area contributed by atoms with Crippen LogP contribution in [0.15, 0.2) is 30.3 Å². The second kappa shape index (κ2) is 8.68. The Hall–Kier alpha value is -1.59. The van der Waals surface area contributed by atoms with Gasteiger partial charge in [-0.3, -0.25) is 4.90 Å². The molecule has 2 atom stereocenters. The van der Waals surface area contributed by atoms with Gasteiger partial charge >= 0.3 is 6.03 Å². The van der Waals surface area contributed by atoms with E-state index in [-0.39, 0.29) is 12.1 Å². The first kappa shape index (κ1) is 18.2. The molecule has 0 unspecified atom stereocenters. The summed E-state index contributed by atoms with van der Waals surface area (Å²) in [4.78, 5) is 16.9. The summed E-state index contributed by atoms with van der Waals surface area (Å²) in [5.41, 5.74) is 0.864. The fourth-order valence-corrected chi connectivity index (χ4v) is 3.65. The Balaban J connectivity index is 1.48. The first-order valence-electron chi connectivity index (χ1n) is 9.66. The third kappa shape index (κ3) is 5.19. The molecular weight excluding hydrogens is 314 g/mol. The Morgan fingerprint density at radius 3 is 2.72 bits per heavy atom. The number of aliphatic hydroxyl groups excluding tert-OH is 1. The molecule has 2 aliphatic rings. The molecule has 1 aromatic rings. The van der Waals surface area contributed by atoms with Gasteiger partial charge in [0, 0.05) is 25.2 Å². The lowest BCUT2D eigenvalue weighted by Crippen LogP contribution is -2.47. The van der Waals surface area contributed by atoms with Crippen molar-refractivity contribution >= 4 is 6.03 Å². The standard InChI is InChI=1S/C20H31N3O2/c1-16-7-5-6-13-22(16)14-12-21-20(25)23(18-10-11-18)15-19(24)17-8-3-2-4-9-17/h2-4,8-9,16,18-19,24H,5-7,10-15H2,1H3,(H,21,25)/t16-,19-/m0/s1. The average Bonchev–Trinajstić information content (AvgIpc) is 3.46. The molecule has 0 aromatic heterocycles. The molecule has 138 valence electrons. The Bertz CT molecular complexity index is 547. The molecule has 5 heteroatoms. The number of urea groups is 1. The highest BCUT2D eigenvalue weighted by Gasteiger charge is 2.34. The van der Waals surface area contributed by atoms with E-state index in [0.29, 0.717) is 19.1 Å². The maximum absolute atomic E-state index is 12.6. The molecule has 1 saturated heterocycles. The summed E-state index contributed by atoms with van der Waals surface area (Å²) in [6, 6.07) is 10.4. The predicted octanol–water partition coefficient (Wildman–Crippen LogP) is 2.77. The van der Waals surface area contributed by atoms with Crippen LogP contribution in [0.3, 0.4) is 0 Å². The van der Waals surface area contributed by atoms with Crippen molar-refractivity contribution in [2.24, 2.45) is 0 Å². The number of hydrogen-bond acceptors (Lipinski definition) is 3. The zero-order valence-electron chi connectivity index (χ0n) is 15.2. The van der Waals surface area contributed by atoms with Gasteiger partial charge in [0.1, 0.15) is 0 Å². The van der Waals surface area contributed by atoms with Crippen LogP contribution in [0.5, 0.6) is 0 Å². The topological polar surface area (TPSA) is 55.8 Å². The van der Waals surface area contributed by atoms with E-state index in [0.717, 1.165) is 31.5 Å². The lowest BCUT2D eigenvalue weighted by molar-refractivity contribution is 0.116. The first-order chi connectivity index (χ1) is 12.1. The van der Waals surface area contributed by atoms with Crippen LogP contribution in [0.1, 0.15) is 50.7 Å². The second-order valence-corrected chi connectivity index (χ2v) is 7.42. The van der Waals surface area contributed by atoms with Crippen LogP contribution in [0, 0.1) is 0 Å². The molecule has 1 aliphatic heterocycles. The molecule has 1 saturated carbocycles. The number of nitrogens with zero attached hydrogens (tertiary/aromatic N) is 2. The monoisotopic (exact) mass is 345 g/mol. The third-order valence-corrected chi connectivity index (χ3v) is 5.42. The number of carbonyl (C=O) groups excluding carboxylic acids is 1. The molecular formula is C20H31N3O2. The highest BCUT2D eigenvalue weighted by atomic mass is 16.3. The highest BCUT2D eigenvalue weighted by Crippen LogP contribution is 2.29. The van der Waals surface area contributed by atoms with Gasteiger partial charge in [-0.05, 0) is 44.7 Å². The molecule has 2 N–H and O–H groups in total. The van der Waals surface area contributed by atoms with E-state index in [4.69, 9.17) is 0 Å². The number of likely N-dealkylation sites (tertiary alicyclic amines) is 1. The van der Waals surface area contributed by atoms with E-state index in [2.05, 4.69) is 17.1 Å². The van der Waals surface area contributed by atoms with Crippen molar-refractivity contribution in [3.63, 3.8) is 0 Å². The SMILES string of the molecule is C[C@H]1CCCCN1CCNC(=O)N(C[C@H](O)c1ccccc1)C1CC1. The second-order valence-electron chi connectivity index (χ2n) is 7.42. The van der Waals surface area contributed by atoms with Crippen LogP contribution >= 0.6 is 0 Å². The van der Waals surface area contributed by atoms with Gasteiger partial charge in [-0.1, -0.05) is 36.8 Å². The van der Waals surface area contributed by atoms with Crippen molar-refractivity contribution in [1.29, 1.82) is 0 Å². The molecule has 0 bridgehead atoms. The number of aliphatic hydroxyl groups is 1. The number of piperidine rings is 1. The van der Waals surface area contributed by atoms with E-state index in [9.17, 15) is 9.90 Å². The van der Waals surface area contributed by atoms with Gasteiger partial charge in [-0.15, -0.1) is 0 Å². The van der Waals surface area contributed by atoms with Gasteiger partial charge in [0.2, 0.25) is 0 Å². The highest BCUT2D eigenvalue weighted by molar-refractivity contribution is 5.75. The number of nitrogens with one attached hydrogen (secondary N) is 1.